The molecule has 316 valence electrons. The molecular weight excluding hydrogens is 809 g/mol. The number of aromatic nitrogens is 1. The minimum atomic E-state index is -0.539. The van der Waals surface area contributed by atoms with E-state index in [1.54, 1.807) is 0 Å². The van der Waals surface area contributed by atoms with Crippen LogP contribution < -0.4 is 4.90 Å². The second kappa shape index (κ2) is 17.0. The maximum absolute atomic E-state index is 2.40. The maximum Gasteiger partial charge on any atom is 0.0701 e. The molecule has 12 aromatic rings. The van der Waals surface area contributed by atoms with E-state index in [4.69, 9.17) is 0 Å². The maximum atomic E-state index is 2.40. The lowest BCUT2D eigenvalue weighted by molar-refractivity contribution is 0.745. The van der Waals surface area contributed by atoms with E-state index < -0.39 is 5.41 Å². The number of benzene rings is 11. The van der Waals surface area contributed by atoms with Gasteiger partial charge in [0.1, 0.15) is 0 Å². The van der Waals surface area contributed by atoms with Gasteiger partial charge >= 0.3 is 0 Å². The van der Waals surface area contributed by atoms with Crippen LogP contribution in [-0.4, -0.2) is 4.57 Å². The van der Waals surface area contributed by atoms with Crippen molar-refractivity contribution >= 4 is 49.6 Å². The predicted molar refractivity (Wildman–Crippen MR) is 282 cm³/mol. The van der Waals surface area contributed by atoms with Gasteiger partial charge in [0.15, 0.2) is 0 Å². The molecule has 67 heavy (non-hydrogen) atoms. The van der Waals surface area contributed by atoms with Crippen molar-refractivity contribution in [2.24, 2.45) is 0 Å². The SMILES string of the molecule is c1ccc(-c2ccccc2N(c2ccc(-c3ccc(-n4c5ccccc5c5c6ccccc6ccc54)cc3)cc2)c2ccc(C(c3ccccc3)(c3ccccc3)c3ccccc3)cc2)cc1. The van der Waals surface area contributed by atoms with E-state index in [0.717, 1.165) is 33.9 Å². The molecule has 1 heterocycles. The lowest BCUT2D eigenvalue weighted by atomic mass is 9.65. The number of hydrogen-bond donors (Lipinski definition) is 0. The van der Waals surface area contributed by atoms with Crippen molar-refractivity contribution in [1.29, 1.82) is 0 Å². The summed E-state index contributed by atoms with van der Waals surface area (Å²) in [5.41, 5.74) is 15.8. The molecule has 0 saturated carbocycles. The first-order valence-electron chi connectivity index (χ1n) is 23.1. The average molecular weight is 855 g/mol. The van der Waals surface area contributed by atoms with Gasteiger partial charge in [-0.05, 0) is 104 Å². The van der Waals surface area contributed by atoms with Gasteiger partial charge in [-0.15, -0.1) is 0 Å². The second-order valence-electron chi connectivity index (χ2n) is 17.2. The first kappa shape index (κ1) is 39.8. The Morgan fingerprint density at radius 3 is 1.37 bits per heavy atom. The van der Waals surface area contributed by atoms with Crippen molar-refractivity contribution in [3.63, 3.8) is 0 Å². The third-order valence-electron chi connectivity index (χ3n) is 13.6. The molecule has 0 spiro atoms. The molecule has 0 bridgehead atoms. The zero-order valence-electron chi connectivity index (χ0n) is 37.0. The summed E-state index contributed by atoms with van der Waals surface area (Å²) in [6.45, 7) is 0. The first-order chi connectivity index (χ1) is 33.3. The number of nitrogens with zero attached hydrogens (tertiary/aromatic N) is 2. The lowest BCUT2D eigenvalue weighted by Gasteiger charge is -2.37. The smallest absolute Gasteiger partial charge is 0.0701 e. The van der Waals surface area contributed by atoms with Gasteiger partial charge < -0.3 is 9.47 Å². The van der Waals surface area contributed by atoms with Gasteiger partial charge in [0, 0.05) is 33.4 Å². The van der Waals surface area contributed by atoms with Crippen LogP contribution in [0.2, 0.25) is 0 Å². The van der Waals surface area contributed by atoms with Crippen molar-refractivity contribution in [2.45, 2.75) is 5.41 Å². The van der Waals surface area contributed by atoms with Crippen LogP contribution in [0.4, 0.5) is 17.1 Å². The molecule has 0 fully saturated rings. The fourth-order valence-corrected chi connectivity index (χ4v) is 10.5. The quantitative estimate of drug-likeness (QED) is 0.124. The molecule has 0 aliphatic carbocycles. The zero-order chi connectivity index (χ0) is 44.6. The summed E-state index contributed by atoms with van der Waals surface area (Å²) in [6, 6.07) is 102. The van der Waals surface area contributed by atoms with Gasteiger partial charge in [-0.1, -0.05) is 224 Å². The summed E-state index contributed by atoms with van der Waals surface area (Å²) in [4.78, 5) is 2.40. The number of hydrogen-bond acceptors (Lipinski definition) is 1. The molecule has 2 heteroatoms. The molecule has 0 N–H and O–H groups in total. The van der Waals surface area contributed by atoms with E-state index in [0.29, 0.717) is 0 Å². The van der Waals surface area contributed by atoms with Crippen LogP contribution in [0.1, 0.15) is 22.3 Å². The molecule has 0 radical (unpaired) electrons. The molecule has 0 amide bonds. The lowest BCUT2D eigenvalue weighted by Crippen LogP contribution is -2.31. The van der Waals surface area contributed by atoms with Gasteiger partial charge in [-0.25, -0.2) is 0 Å². The zero-order valence-corrected chi connectivity index (χ0v) is 37.0. The number of fused-ring (bicyclic) bond motifs is 5. The Morgan fingerprint density at radius 2 is 0.761 bits per heavy atom. The van der Waals surface area contributed by atoms with Crippen LogP contribution in [0.3, 0.4) is 0 Å². The molecule has 1 aromatic heterocycles. The molecule has 0 atom stereocenters. The largest absolute Gasteiger partial charge is 0.310 e. The van der Waals surface area contributed by atoms with Crippen molar-refractivity contribution in [3.8, 4) is 27.9 Å². The van der Waals surface area contributed by atoms with Crippen molar-refractivity contribution in [1.82, 2.24) is 4.57 Å². The fourth-order valence-electron chi connectivity index (χ4n) is 10.5. The van der Waals surface area contributed by atoms with Crippen LogP contribution >= 0.6 is 0 Å². The van der Waals surface area contributed by atoms with Crippen molar-refractivity contribution in [3.05, 3.63) is 301 Å². The van der Waals surface area contributed by atoms with Gasteiger partial charge in [0.25, 0.3) is 0 Å². The van der Waals surface area contributed by atoms with E-state index in [2.05, 4.69) is 289 Å². The first-order valence-corrected chi connectivity index (χ1v) is 23.1. The normalized spacial score (nSPS) is 11.6. The van der Waals surface area contributed by atoms with Crippen molar-refractivity contribution < 1.29 is 0 Å². The Labute approximate surface area is 391 Å². The van der Waals surface area contributed by atoms with Gasteiger partial charge in [0.2, 0.25) is 0 Å². The van der Waals surface area contributed by atoms with Crippen LogP contribution in [0.25, 0.3) is 60.5 Å². The Bertz CT molecular complexity index is 3540. The van der Waals surface area contributed by atoms with Crippen molar-refractivity contribution in [2.75, 3.05) is 4.90 Å². The van der Waals surface area contributed by atoms with Gasteiger partial charge in [-0.2, -0.15) is 0 Å². The average Bonchev–Trinajstić information content (AvgIpc) is 3.76. The number of para-hydroxylation sites is 2. The predicted octanol–water partition coefficient (Wildman–Crippen LogP) is 17.1. The monoisotopic (exact) mass is 854 g/mol. The highest BCUT2D eigenvalue weighted by molar-refractivity contribution is 6.21. The molecule has 0 saturated heterocycles. The second-order valence-corrected chi connectivity index (χ2v) is 17.2. The molecule has 0 aliphatic heterocycles. The molecule has 11 aromatic carbocycles. The summed E-state index contributed by atoms with van der Waals surface area (Å²) < 4.78 is 2.40. The van der Waals surface area contributed by atoms with Crippen LogP contribution in [0.15, 0.2) is 279 Å². The summed E-state index contributed by atoms with van der Waals surface area (Å²) in [7, 11) is 0. The van der Waals surface area contributed by atoms with Crippen LogP contribution in [0, 0.1) is 0 Å². The minimum absolute atomic E-state index is 0.539. The fraction of sp³-hybridized carbons (Fsp3) is 0.0154. The highest BCUT2D eigenvalue weighted by Gasteiger charge is 2.38. The molecular formula is C65H46N2. The minimum Gasteiger partial charge on any atom is -0.310 e. The summed E-state index contributed by atoms with van der Waals surface area (Å²) in [6.07, 6.45) is 0. The molecule has 0 unspecified atom stereocenters. The van der Waals surface area contributed by atoms with E-state index in [-0.39, 0.29) is 0 Å². The number of rotatable bonds is 10. The topological polar surface area (TPSA) is 8.17 Å². The third-order valence-corrected chi connectivity index (χ3v) is 13.6. The van der Waals surface area contributed by atoms with E-state index >= 15 is 0 Å². The Balaban J connectivity index is 0.955. The third kappa shape index (κ3) is 6.90. The molecule has 2 nitrogen and oxygen atoms in total. The standard InChI is InChI=1S/C65H46N2/c1-5-19-49(20-6-1)58-28-15-17-31-61(58)66(56-44-38-54(39-45-56)65(51-22-7-2-8-23-51,52-24-9-3-10-25-52)53-26-11-4-12-27-53)55-40-33-47(34-41-55)48-35-42-57(43-36-48)67-62-32-18-16-30-60(62)64-59-29-14-13-21-50(59)37-46-63(64)67/h1-46H. The highest BCUT2D eigenvalue weighted by Crippen LogP contribution is 2.47. The van der Waals surface area contributed by atoms with Gasteiger partial charge in [0.05, 0.1) is 22.1 Å². The van der Waals surface area contributed by atoms with E-state index in [9.17, 15) is 0 Å². The molecule has 12 rings (SSSR count). The van der Waals surface area contributed by atoms with Crippen LogP contribution in [-0.2, 0) is 5.41 Å². The summed E-state index contributed by atoms with van der Waals surface area (Å²) >= 11 is 0. The highest BCUT2D eigenvalue weighted by atomic mass is 15.1. The van der Waals surface area contributed by atoms with E-state index in [1.165, 1.54) is 66.0 Å². The Morgan fingerprint density at radius 1 is 0.299 bits per heavy atom. The number of anilines is 3. The Hall–Kier alpha value is -8.72. The van der Waals surface area contributed by atoms with Gasteiger partial charge in [-0.3, -0.25) is 0 Å². The summed E-state index contributed by atoms with van der Waals surface area (Å²) in [5.74, 6) is 0. The van der Waals surface area contributed by atoms with E-state index in [1.807, 2.05) is 0 Å². The molecule has 0 aliphatic rings. The van der Waals surface area contributed by atoms with Crippen LogP contribution in [0.5, 0.6) is 0 Å². The summed E-state index contributed by atoms with van der Waals surface area (Å²) in [5, 5.41) is 5.10. The Kier molecular flexibility index (Phi) is 10.1.